The Morgan fingerprint density at radius 1 is 1.09 bits per heavy atom. The number of fused-ring (bicyclic) bond motifs is 1. The number of nitrogens with one attached hydrogen (secondary N) is 2. The third-order valence-electron chi connectivity index (χ3n) is 4.86. The fourth-order valence-corrected chi connectivity index (χ4v) is 4.72. The molecule has 0 amide bonds. The second-order valence-corrected chi connectivity index (χ2v) is 8.74. The molecule has 174 valence electrons. The van der Waals surface area contributed by atoms with E-state index in [1.54, 1.807) is 58.4 Å². The zero-order chi connectivity index (χ0) is 23.6. The monoisotopic (exact) mass is 473 g/mol. The van der Waals surface area contributed by atoms with Gasteiger partial charge in [-0.15, -0.1) is 15.3 Å². The SMILES string of the molecule is COc1ccc(-c2nnc3ccc(OCCNS(=O)(=O)c4c(C)n[nH]c4C)nn23)c(OC)c1. The number of ether oxygens (including phenoxy) is 3. The number of rotatable bonds is 9. The molecule has 2 N–H and O–H groups in total. The highest BCUT2D eigenvalue weighted by molar-refractivity contribution is 7.89. The van der Waals surface area contributed by atoms with Crippen LogP contribution >= 0.6 is 0 Å². The molecule has 3 heterocycles. The highest BCUT2D eigenvalue weighted by atomic mass is 32.2. The molecule has 0 radical (unpaired) electrons. The predicted octanol–water partition coefficient (Wildman–Crippen LogP) is 1.51. The van der Waals surface area contributed by atoms with Gasteiger partial charge in [-0.25, -0.2) is 13.1 Å². The maximum atomic E-state index is 12.5. The Morgan fingerprint density at radius 2 is 1.91 bits per heavy atom. The number of methoxy groups -OCH3 is 2. The molecule has 0 bridgehead atoms. The molecule has 4 rings (SSSR count). The van der Waals surface area contributed by atoms with E-state index in [0.29, 0.717) is 39.9 Å². The minimum Gasteiger partial charge on any atom is -0.497 e. The number of hydrogen-bond acceptors (Lipinski definition) is 9. The van der Waals surface area contributed by atoms with Crippen molar-refractivity contribution in [1.82, 2.24) is 34.7 Å². The van der Waals surface area contributed by atoms with Gasteiger partial charge in [-0.2, -0.15) is 9.61 Å². The van der Waals surface area contributed by atoms with Gasteiger partial charge in [0.1, 0.15) is 23.0 Å². The van der Waals surface area contributed by atoms with Crippen molar-refractivity contribution in [3.05, 3.63) is 41.7 Å². The summed E-state index contributed by atoms with van der Waals surface area (Å²) in [6.07, 6.45) is 0. The number of H-pyrrole nitrogens is 1. The van der Waals surface area contributed by atoms with E-state index < -0.39 is 10.0 Å². The summed E-state index contributed by atoms with van der Waals surface area (Å²) in [4.78, 5) is 0.143. The maximum absolute atomic E-state index is 12.5. The van der Waals surface area contributed by atoms with Gasteiger partial charge in [0, 0.05) is 18.7 Å². The van der Waals surface area contributed by atoms with Crippen molar-refractivity contribution in [3.8, 4) is 28.8 Å². The Bertz CT molecular complexity index is 1380. The van der Waals surface area contributed by atoms with Gasteiger partial charge in [0.25, 0.3) is 0 Å². The number of aromatic amines is 1. The fourth-order valence-electron chi connectivity index (χ4n) is 3.34. The van der Waals surface area contributed by atoms with Crippen LogP contribution in [0.1, 0.15) is 11.4 Å². The first-order chi connectivity index (χ1) is 15.8. The van der Waals surface area contributed by atoms with Gasteiger partial charge in [-0.05, 0) is 32.0 Å². The minimum absolute atomic E-state index is 0.0491. The standard InChI is InChI=1S/C20H23N7O5S/c1-12-19(13(2)23-22-12)33(28,29)21-9-10-32-18-8-7-17-24-25-20(27(17)26-18)15-6-5-14(30-3)11-16(15)31-4/h5-8,11,21H,9-10H2,1-4H3,(H,22,23). The van der Waals surface area contributed by atoms with Crippen molar-refractivity contribution < 1.29 is 22.6 Å². The van der Waals surface area contributed by atoms with Crippen molar-refractivity contribution >= 4 is 15.7 Å². The summed E-state index contributed by atoms with van der Waals surface area (Å²) in [5.41, 5.74) is 2.07. The first-order valence-electron chi connectivity index (χ1n) is 9.93. The van der Waals surface area contributed by atoms with Gasteiger partial charge < -0.3 is 14.2 Å². The average molecular weight is 474 g/mol. The highest BCUT2D eigenvalue weighted by Gasteiger charge is 2.22. The second-order valence-electron chi connectivity index (χ2n) is 7.04. The zero-order valence-electron chi connectivity index (χ0n) is 18.5. The van der Waals surface area contributed by atoms with Crippen molar-refractivity contribution in [3.63, 3.8) is 0 Å². The van der Waals surface area contributed by atoms with Gasteiger partial charge in [0.15, 0.2) is 11.5 Å². The van der Waals surface area contributed by atoms with E-state index in [-0.39, 0.29) is 23.9 Å². The fraction of sp³-hybridized carbons (Fsp3) is 0.300. The van der Waals surface area contributed by atoms with Crippen LogP contribution in [0.25, 0.3) is 17.0 Å². The third kappa shape index (κ3) is 4.45. The summed E-state index contributed by atoms with van der Waals surface area (Å²) in [6, 6.07) is 8.67. The Hall–Kier alpha value is -3.71. The van der Waals surface area contributed by atoms with Crippen LogP contribution in [0.15, 0.2) is 35.2 Å². The molecule has 0 saturated carbocycles. The maximum Gasteiger partial charge on any atom is 0.244 e. The summed E-state index contributed by atoms with van der Waals surface area (Å²) in [6.45, 7) is 3.39. The summed E-state index contributed by atoms with van der Waals surface area (Å²) in [7, 11) is -0.582. The van der Waals surface area contributed by atoms with E-state index in [1.165, 1.54) is 4.52 Å². The van der Waals surface area contributed by atoms with Gasteiger partial charge in [-0.1, -0.05) is 0 Å². The van der Waals surface area contributed by atoms with E-state index in [4.69, 9.17) is 14.2 Å². The van der Waals surface area contributed by atoms with Crippen LogP contribution in [0.4, 0.5) is 0 Å². The molecule has 0 aliphatic rings. The van der Waals surface area contributed by atoms with Gasteiger partial charge in [0.05, 0.1) is 31.2 Å². The van der Waals surface area contributed by atoms with Crippen LogP contribution in [0, 0.1) is 13.8 Å². The third-order valence-corrected chi connectivity index (χ3v) is 6.58. The minimum atomic E-state index is -3.71. The van der Waals surface area contributed by atoms with Crippen LogP contribution in [0.2, 0.25) is 0 Å². The van der Waals surface area contributed by atoms with Gasteiger partial charge >= 0.3 is 0 Å². The van der Waals surface area contributed by atoms with E-state index in [0.717, 1.165) is 0 Å². The lowest BCUT2D eigenvalue weighted by molar-refractivity contribution is 0.306. The van der Waals surface area contributed by atoms with E-state index >= 15 is 0 Å². The first-order valence-corrected chi connectivity index (χ1v) is 11.4. The van der Waals surface area contributed by atoms with Crippen molar-refractivity contribution in [1.29, 1.82) is 0 Å². The Labute approximate surface area is 189 Å². The second kappa shape index (κ2) is 9.03. The predicted molar refractivity (Wildman–Crippen MR) is 118 cm³/mol. The lowest BCUT2D eigenvalue weighted by atomic mass is 10.2. The van der Waals surface area contributed by atoms with Gasteiger partial charge in [0.2, 0.25) is 15.9 Å². The Balaban J connectivity index is 1.49. The molecule has 0 atom stereocenters. The normalized spacial score (nSPS) is 11.6. The largest absolute Gasteiger partial charge is 0.497 e. The molecular weight excluding hydrogens is 450 g/mol. The molecule has 4 aromatic rings. The van der Waals surface area contributed by atoms with Crippen LogP contribution in [-0.2, 0) is 10.0 Å². The molecule has 12 nitrogen and oxygen atoms in total. The smallest absolute Gasteiger partial charge is 0.244 e. The molecular formula is C20H23N7O5S. The van der Waals surface area contributed by atoms with Crippen molar-refractivity contribution in [2.45, 2.75) is 18.7 Å². The molecule has 0 fully saturated rings. The molecule has 0 spiro atoms. The first kappa shape index (κ1) is 22.5. The van der Waals surface area contributed by atoms with Gasteiger partial charge in [-0.3, -0.25) is 5.10 Å². The zero-order valence-corrected chi connectivity index (χ0v) is 19.3. The Kier molecular flexibility index (Phi) is 6.16. The number of benzene rings is 1. The molecule has 0 saturated heterocycles. The summed E-state index contributed by atoms with van der Waals surface area (Å²) >= 11 is 0. The van der Waals surface area contributed by atoms with Crippen LogP contribution in [-0.4, -0.2) is 65.8 Å². The molecule has 1 aromatic carbocycles. The van der Waals surface area contributed by atoms with E-state index in [9.17, 15) is 8.42 Å². The summed E-state index contributed by atoms with van der Waals surface area (Å²) < 4.78 is 45.4. The lowest BCUT2D eigenvalue weighted by Crippen LogP contribution is -2.29. The van der Waals surface area contributed by atoms with Crippen molar-refractivity contribution in [2.75, 3.05) is 27.4 Å². The highest BCUT2D eigenvalue weighted by Crippen LogP contribution is 2.32. The molecule has 13 heteroatoms. The molecule has 3 aromatic heterocycles. The lowest BCUT2D eigenvalue weighted by Gasteiger charge is -2.10. The van der Waals surface area contributed by atoms with Crippen molar-refractivity contribution in [2.24, 2.45) is 0 Å². The van der Waals surface area contributed by atoms with Crippen LogP contribution < -0.4 is 18.9 Å². The summed E-state index contributed by atoms with van der Waals surface area (Å²) in [5.74, 6) is 1.94. The molecule has 33 heavy (non-hydrogen) atoms. The van der Waals surface area contributed by atoms with Crippen LogP contribution in [0.5, 0.6) is 17.4 Å². The molecule has 0 aliphatic carbocycles. The number of aromatic nitrogens is 6. The Morgan fingerprint density at radius 3 is 2.61 bits per heavy atom. The quantitative estimate of drug-likeness (QED) is 0.345. The topological polar surface area (TPSA) is 146 Å². The number of nitrogens with zero attached hydrogens (tertiary/aromatic N) is 5. The number of sulfonamides is 1. The number of hydrogen-bond donors (Lipinski definition) is 2. The summed E-state index contributed by atoms with van der Waals surface area (Å²) in [5, 5.41) is 19.4. The van der Waals surface area contributed by atoms with Crippen LogP contribution in [0.3, 0.4) is 0 Å². The van der Waals surface area contributed by atoms with E-state index in [1.807, 2.05) is 0 Å². The molecule has 0 unspecified atom stereocenters. The average Bonchev–Trinajstić information content (AvgIpc) is 3.38. The molecule has 0 aliphatic heterocycles. The number of aryl methyl sites for hydroxylation is 2. The van der Waals surface area contributed by atoms with E-state index in [2.05, 4.69) is 30.2 Å².